The molecule has 1 aliphatic rings. The van der Waals surface area contributed by atoms with E-state index >= 15 is 0 Å². The zero-order valence-electron chi connectivity index (χ0n) is 12.5. The highest BCUT2D eigenvalue weighted by atomic mass is 32.2. The average molecular weight is 325 g/mol. The molecule has 4 N–H and O–H groups in total. The lowest BCUT2D eigenvalue weighted by molar-refractivity contribution is 0.0953. The van der Waals surface area contributed by atoms with Gasteiger partial charge in [0.2, 0.25) is 10.0 Å². The summed E-state index contributed by atoms with van der Waals surface area (Å²) in [6.45, 7) is 0.979. The van der Waals surface area contributed by atoms with E-state index in [1.165, 1.54) is 12.1 Å². The third-order valence-electron chi connectivity index (χ3n) is 3.75. The first kappa shape index (κ1) is 16.9. The van der Waals surface area contributed by atoms with E-state index in [9.17, 15) is 13.2 Å². The third-order valence-corrected chi connectivity index (χ3v) is 5.27. The predicted molar refractivity (Wildman–Crippen MR) is 85.0 cm³/mol. The summed E-state index contributed by atoms with van der Waals surface area (Å²) in [5.74, 6) is -0.286. The molecule has 2 rings (SSSR count). The van der Waals surface area contributed by atoms with Crippen LogP contribution in [0.3, 0.4) is 0 Å². The van der Waals surface area contributed by atoms with Gasteiger partial charge in [-0.05, 0) is 44.0 Å². The van der Waals surface area contributed by atoms with Crippen molar-refractivity contribution in [3.63, 3.8) is 0 Å². The second kappa shape index (κ2) is 7.71. The number of carbonyl (C=O) groups excluding carboxylic acids is 1. The van der Waals surface area contributed by atoms with Gasteiger partial charge in [0, 0.05) is 18.2 Å². The van der Waals surface area contributed by atoms with Crippen molar-refractivity contribution >= 4 is 15.9 Å². The molecular formula is C15H23N3O3S. The van der Waals surface area contributed by atoms with Gasteiger partial charge in [0.15, 0.2) is 0 Å². The summed E-state index contributed by atoms with van der Waals surface area (Å²) in [4.78, 5) is 12.1. The molecule has 122 valence electrons. The number of sulfonamides is 1. The Balaban J connectivity index is 2.07. The van der Waals surface area contributed by atoms with Crippen molar-refractivity contribution in [2.45, 2.75) is 43.0 Å². The van der Waals surface area contributed by atoms with Gasteiger partial charge in [0.25, 0.3) is 5.91 Å². The summed E-state index contributed by atoms with van der Waals surface area (Å²) >= 11 is 0. The lowest BCUT2D eigenvalue weighted by atomic mass is 10.2. The molecule has 0 atom stereocenters. The molecule has 6 nitrogen and oxygen atoms in total. The fourth-order valence-electron chi connectivity index (χ4n) is 2.54. The number of amides is 1. The number of nitrogens with one attached hydrogen (secondary N) is 2. The largest absolute Gasteiger partial charge is 0.352 e. The lowest BCUT2D eigenvalue weighted by Crippen LogP contribution is -2.33. The normalized spacial score (nSPS) is 15.9. The Kier molecular flexibility index (Phi) is 5.93. The Morgan fingerprint density at radius 2 is 2.00 bits per heavy atom. The molecule has 0 unspecified atom stereocenters. The van der Waals surface area contributed by atoms with Crippen LogP contribution in [-0.2, 0) is 10.0 Å². The number of rotatable bonds is 7. The average Bonchev–Trinajstić information content (AvgIpc) is 3.00. The first-order valence-electron chi connectivity index (χ1n) is 7.63. The molecule has 0 aromatic heterocycles. The van der Waals surface area contributed by atoms with Gasteiger partial charge in [-0.3, -0.25) is 4.79 Å². The van der Waals surface area contributed by atoms with Crippen LogP contribution in [0.2, 0.25) is 0 Å². The molecule has 0 saturated heterocycles. The molecule has 1 aliphatic carbocycles. The summed E-state index contributed by atoms with van der Waals surface area (Å²) in [6.07, 6.45) is 4.54. The standard InChI is InChI=1S/C15H23N3O3S/c16-9-4-10-17-15(19)12-5-3-8-14(11-12)22(20,21)18-13-6-1-2-7-13/h3,5,8,11,13,18H,1-2,4,6-7,9-10,16H2,(H,17,19). The molecule has 1 aromatic carbocycles. The molecule has 1 aromatic rings. The van der Waals surface area contributed by atoms with Crippen LogP contribution < -0.4 is 15.8 Å². The van der Waals surface area contributed by atoms with E-state index in [1.807, 2.05) is 0 Å². The monoisotopic (exact) mass is 325 g/mol. The lowest BCUT2D eigenvalue weighted by Gasteiger charge is -2.13. The van der Waals surface area contributed by atoms with Crippen molar-refractivity contribution in [3.8, 4) is 0 Å². The maximum Gasteiger partial charge on any atom is 0.251 e. The summed E-state index contributed by atoms with van der Waals surface area (Å²) in [7, 11) is -3.57. The first-order chi connectivity index (χ1) is 10.5. The Hall–Kier alpha value is -1.44. The highest BCUT2D eigenvalue weighted by molar-refractivity contribution is 7.89. The molecule has 22 heavy (non-hydrogen) atoms. The maximum absolute atomic E-state index is 12.4. The minimum Gasteiger partial charge on any atom is -0.352 e. The Labute approximate surface area is 131 Å². The van der Waals surface area contributed by atoms with Crippen LogP contribution in [-0.4, -0.2) is 33.5 Å². The van der Waals surface area contributed by atoms with Crippen LogP contribution in [0, 0.1) is 0 Å². The molecule has 1 fully saturated rings. The summed E-state index contributed by atoms with van der Waals surface area (Å²) in [6, 6.07) is 6.11. The van der Waals surface area contributed by atoms with E-state index < -0.39 is 10.0 Å². The smallest absolute Gasteiger partial charge is 0.251 e. The van der Waals surface area contributed by atoms with Crippen molar-refractivity contribution in [1.29, 1.82) is 0 Å². The van der Waals surface area contributed by atoms with Gasteiger partial charge in [0.1, 0.15) is 0 Å². The minimum atomic E-state index is -3.57. The number of hydrogen-bond donors (Lipinski definition) is 3. The van der Waals surface area contributed by atoms with Crippen LogP contribution in [0.25, 0.3) is 0 Å². The second-order valence-corrected chi connectivity index (χ2v) is 7.24. The van der Waals surface area contributed by atoms with Gasteiger partial charge in [0.05, 0.1) is 4.90 Å². The fourth-order valence-corrected chi connectivity index (χ4v) is 3.89. The molecular weight excluding hydrogens is 302 g/mol. The van der Waals surface area contributed by atoms with Crippen LogP contribution in [0.1, 0.15) is 42.5 Å². The minimum absolute atomic E-state index is 0.00652. The molecule has 0 heterocycles. The molecule has 1 saturated carbocycles. The van der Waals surface area contributed by atoms with Crippen molar-refractivity contribution < 1.29 is 13.2 Å². The van der Waals surface area contributed by atoms with Crippen molar-refractivity contribution in [1.82, 2.24) is 10.0 Å². The van der Waals surface area contributed by atoms with Gasteiger partial charge >= 0.3 is 0 Å². The van der Waals surface area contributed by atoms with Crippen LogP contribution >= 0.6 is 0 Å². The number of nitrogens with two attached hydrogens (primary N) is 1. The summed E-state index contributed by atoms with van der Waals surface area (Å²) in [5, 5.41) is 2.72. The number of hydrogen-bond acceptors (Lipinski definition) is 4. The highest BCUT2D eigenvalue weighted by Crippen LogP contribution is 2.20. The van der Waals surface area contributed by atoms with Crippen LogP contribution in [0.15, 0.2) is 29.2 Å². The zero-order chi connectivity index (χ0) is 16.0. The SMILES string of the molecule is NCCCNC(=O)c1cccc(S(=O)(=O)NC2CCCC2)c1. The Morgan fingerprint density at radius 3 is 2.68 bits per heavy atom. The molecule has 1 amide bonds. The molecule has 7 heteroatoms. The van der Waals surface area contributed by atoms with Gasteiger partial charge < -0.3 is 11.1 Å². The molecule has 0 spiro atoms. The van der Waals surface area contributed by atoms with E-state index in [1.54, 1.807) is 12.1 Å². The van der Waals surface area contributed by atoms with Crippen molar-refractivity contribution in [2.75, 3.05) is 13.1 Å². The number of carbonyl (C=O) groups is 1. The molecule has 0 radical (unpaired) electrons. The van der Waals surface area contributed by atoms with Crippen LogP contribution in [0.4, 0.5) is 0 Å². The fraction of sp³-hybridized carbons (Fsp3) is 0.533. The summed E-state index contributed by atoms with van der Waals surface area (Å²) < 4.78 is 27.4. The van der Waals surface area contributed by atoms with Gasteiger partial charge in [-0.1, -0.05) is 18.9 Å². The topological polar surface area (TPSA) is 101 Å². The number of benzene rings is 1. The summed E-state index contributed by atoms with van der Waals surface area (Å²) in [5.41, 5.74) is 5.71. The van der Waals surface area contributed by atoms with Gasteiger partial charge in [-0.2, -0.15) is 0 Å². The molecule has 0 aliphatic heterocycles. The highest BCUT2D eigenvalue weighted by Gasteiger charge is 2.23. The quantitative estimate of drug-likeness (QED) is 0.651. The Morgan fingerprint density at radius 1 is 1.27 bits per heavy atom. The predicted octanol–water partition coefficient (Wildman–Crippen LogP) is 0.986. The first-order valence-corrected chi connectivity index (χ1v) is 9.12. The van der Waals surface area contributed by atoms with Crippen molar-refractivity contribution in [3.05, 3.63) is 29.8 Å². The van der Waals surface area contributed by atoms with E-state index in [0.29, 0.717) is 25.1 Å². The van der Waals surface area contributed by atoms with E-state index in [4.69, 9.17) is 5.73 Å². The van der Waals surface area contributed by atoms with Crippen LogP contribution in [0.5, 0.6) is 0 Å². The van der Waals surface area contributed by atoms with E-state index in [0.717, 1.165) is 25.7 Å². The molecule has 0 bridgehead atoms. The zero-order valence-corrected chi connectivity index (χ0v) is 13.4. The van der Waals surface area contributed by atoms with Gasteiger partial charge in [-0.15, -0.1) is 0 Å². The maximum atomic E-state index is 12.4. The van der Waals surface area contributed by atoms with E-state index in [2.05, 4.69) is 10.0 Å². The van der Waals surface area contributed by atoms with Gasteiger partial charge in [-0.25, -0.2) is 13.1 Å². The van der Waals surface area contributed by atoms with E-state index in [-0.39, 0.29) is 16.8 Å². The second-order valence-electron chi connectivity index (χ2n) is 5.53. The van der Waals surface area contributed by atoms with Crippen molar-refractivity contribution in [2.24, 2.45) is 5.73 Å². The third kappa shape index (κ3) is 4.53. The Bertz CT molecular complexity index is 610.